The lowest BCUT2D eigenvalue weighted by atomic mass is 10.2. The van der Waals surface area contributed by atoms with Crippen LogP contribution in [-0.4, -0.2) is 54.8 Å². The fourth-order valence-electron chi connectivity index (χ4n) is 3.40. The number of anilines is 2. The fraction of sp³-hybridized carbons (Fsp3) is 0.231. The van der Waals surface area contributed by atoms with E-state index in [1.807, 2.05) is 0 Å². The molecule has 3 aromatic rings. The largest absolute Gasteiger partial charge is 0.497 e. The molecule has 0 saturated heterocycles. The smallest absolute Gasteiger partial charge is 0.338 e. The number of amides is 1. The van der Waals surface area contributed by atoms with Crippen molar-refractivity contribution in [3.05, 3.63) is 72.3 Å². The number of rotatable bonds is 11. The summed E-state index contributed by atoms with van der Waals surface area (Å²) in [7, 11) is 0.129. The van der Waals surface area contributed by atoms with E-state index in [1.165, 1.54) is 63.8 Å². The molecule has 11 heteroatoms. The molecule has 0 radical (unpaired) electrons. The molecule has 0 aromatic heterocycles. The Hall–Kier alpha value is -4.25. The van der Waals surface area contributed by atoms with Crippen LogP contribution in [0, 0.1) is 0 Å². The highest BCUT2D eigenvalue weighted by molar-refractivity contribution is 7.92. The van der Waals surface area contributed by atoms with E-state index in [0.717, 1.165) is 4.31 Å². The van der Waals surface area contributed by atoms with E-state index in [-0.39, 0.29) is 22.9 Å². The highest BCUT2D eigenvalue weighted by Gasteiger charge is 2.28. The van der Waals surface area contributed by atoms with Crippen LogP contribution in [0.25, 0.3) is 0 Å². The monoisotopic (exact) mass is 528 g/mol. The zero-order valence-electron chi connectivity index (χ0n) is 20.9. The van der Waals surface area contributed by atoms with Gasteiger partial charge in [-0.05, 0) is 67.6 Å². The molecule has 0 aliphatic carbocycles. The Morgan fingerprint density at radius 2 is 1.49 bits per heavy atom. The lowest BCUT2D eigenvalue weighted by Gasteiger charge is -2.24. The molecule has 0 saturated carbocycles. The summed E-state index contributed by atoms with van der Waals surface area (Å²) in [5, 5.41) is 2.66. The van der Waals surface area contributed by atoms with Gasteiger partial charge in [0.05, 0.1) is 44.1 Å². The molecule has 3 aromatic carbocycles. The highest BCUT2D eigenvalue weighted by atomic mass is 32.2. The van der Waals surface area contributed by atoms with Crippen molar-refractivity contribution in [1.29, 1.82) is 0 Å². The third kappa shape index (κ3) is 6.50. The number of nitrogens with zero attached hydrogens (tertiary/aromatic N) is 1. The maximum atomic E-state index is 13.7. The molecule has 10 nitrogen and oxygen atoms in total. The normalized spacial score (nSPS) is 10.8. The third-order valence-corrected chi connectivity index (χ3v) is 7.04. The quantitative estimate of drug-likeness (QED) is 0.374. The second kappa shape index (κ2) is 12.1. The van der Waals surface area contributed by atoms with Gasteiger partial charge in [-0.15, -0.1) is 0 Å². The van der Waals surface area contributed by atoms with Crippen molar-refractivity contribution in [1.82, 2.24) is 0 Å². The number of ether oxygens (including phenoxy) is 4. The number of carbonyl (C=O) groups excluding carboxylic acids is 2. The van der Waals surface area contributed by atoms with Gasteiger partial charge >= 0.3 is 5.97 Å². The summed E-state index contributed by atoms with van der Waals surface area (Å²) in [5.74, 6) is 0.0417. The first-order chi connectivity index (χ1) is 17.7. The molecule has 0 aliphatic heterocycles. The molecule has 0 aliphatic rings. The Balaban J connectivity index is 1.91. The number of carbonyl (C=O) groups is 2. The van der Waals surface area contributed by atoms with Crippen molar-refractivity contribution in [3.63, 3.8) is 0 Å². The van der Waals surface area contributed by atoms with Crippen molar-refractivity contribution in [3.8, 4) is 17.2 Å². The number of esters is 1. The SMILES string of the molecule is CCOC(=O)c1ccc(NC(=O)CN(c2ccc(OC)cc2)S(=O)(=O)c2ccc(OC)c(OC)c2)cc1. The summed E-state index contributed by atoms with van der Waals surface area (Å²) < 4.78 is 48.9. The standard InChI is InChI=1S/C26H28N2O8S/c1-5-36-26(30)18-6-8-19(9-7-18)27-25(29)17-28(20-10-12-21(33-2)13-11-20)37(31,32)22-14-15-23(34-3)24(16-22)35-4/h6-16H,5,17H2,1-4H3,(H,27,29). The number of hydrogen-bond donors (Lipinski definition) is 1. The van der Waals surface area contributed by atoms with E-state index in [2.05, 4.69) is 5.32 Å². The topological polar surface area (TPSA) is 120 Å². The molecule has 0 heterocycles. The Kier molecular flexibility index (Phi) is 8.96. The van der Waals surface area contributed by atoms with Crippen LogP contribution < -0.4 is 23.8 Å². The van der Waals surface area contributed by atoms with Gasteiger partial charge in [0, 0.05) is 11.8 Å². The summed E-state index contributed by atoms with van der Waals surface area (Å²) in [6, 6.07) is 16.5. The molecule has 0 fully saturated rings. The Bertz CT molecular complexity index is 1340. The van der Waals surface area contributed by atoms with Crippen LogP contribution in [0.5, 0.6) is 17.2 Å². The van der Waals surface area contributed by atoms with Gasteiger partial charge in [0.1, 0.15) is 12.3 Å². The predicted octanol–water partition coefficient (Wildman–Crippen LogP) is 3.72. The maximum absolute atomic E-state index is 13.7. The van der Waals surface area contributed by atoms with Crippen molar-refractivity contribution >= 4 is 33.3 Å². The van der Waals surface area contributed by atoms with Gasteiger partial charge in [-0.3, -0.25) is 9.10 Å². The highest BCUT2D eigenvalue weighted by Crippen LogP contribution is 2.32. The van der Waals surface area contributed by atoms with Gasteiger partial charge in [-0.2, -0.15) is 0 Å². The molecule has 0 atom stereocenters. The van der Waals surface area contributed by atoms with Crippen LogP contribution in [0.3, 0.4) is 0 Å². The Labute approximate surface area is 215 Å². The number of benzene rings is 3. The minimum Gasteiger partial charge on any atom is -0.497 e. The summed E-state index contributed by atoms with van der Waals surface area (Å²) in [4.78, 5) is 24.7. The maximum Gasteiger partial charge on any atom is 0.338 e. The van der Waals surface area contributed by atoms with E-state index in [4.69, 9.17) is 18.9 Å². The summed E-state index contributed by atoms with van der Waals surface area (Å²) in [6.45, 7) is 1.42. The van der Waals surface area contributed by atoms with E-state index >= 15 is 0 Å². The zero-order valence-corrected chi connectivity index (χ0v) is 21.7. The predicted molar refractivity (Wildman–Crippen MR) is 138 cm³/mol. The van der Waals surface area contributed by atoms with Gasteiger partial charge in [-0.25, -0.2) is 13.2 Å². The summed E-state index contributed by atoms with van der Waals surface area (Å²) in [6.07, 6.45) is 0. The van der Waals surface area contributed by atoms with Crippen molar-refractivity contribution < 1.29 is 37.0 Å². The second-order valence-corrected chi connectivity index (χ2v) is 9.43. The van der Waals surface area contributed by atoms with Crippen LogP contribution >= 0.6 is 0 Å². The number of hydrogen-bond acceptors (Lipinski definition) is 8. The van der Waals surface area contributed by atoms with Crippen molar-refractivity contribution in [2.24, 2.45) is 0 Å². The molecule has 37 heavy (non-hydrogen) atoms. The number of methoxy groups -OCH3 is 3. The van der Waals surface area contributed by atoms with Gasteiger partial charge in [0.25, 0.3) is 10.0 Å². The summed E-state index contributed by atoms with van der Waals surface area (Å²) in [5.41, 5.74) is 0.968. The zero-order chi connectivity index (χ0) is 27.0. The number of nitrogens with one attached hydrogen (secondary N) is 1. The first-order valence-electron chi connectivity index (χ1n) is 11.2. The fourth-order valence-corrected chi connectivity index (χ4v) is 4.84. The molecule has 0 spiro atoms. The van der Waals surface area contributed by atoms with Crippen LogP contribution in [0.2, 0.25) is 0 Å². The Morgan fingerprint density at radius 3 is 2.05 bits per heavy atom. The molecular weight excluding hydrogens is 500 g/mol. The molecule has 3 rings (SSSR count). The van der Waals surface area contributed by atoms with E-state index in [0.29, 0.717) is 22.7 Å². The lowest BCUT2D eigenvalue weighted by Crippen LogP contribution is -2.38. The van der Waals surface area contributed by atoms with Crippen LogP contribution in [0.1, 0.15) is 17.3 Å². The minimum absolute atomic E-state index is 0.0902. The minimum atomic E-state index is -4.21. The van der Waals surface area contributed by atoms with Crippen molar-refractivity contribution in [2.75, 3.05) is 44.1 Å². The van der Waals surface area contributed by atoms with Gasteiger partial charge in [0.15, 0.2) is 11.5 Å². The van der Waals surface area contributed by atoms with E-state index in [1.54, 1.807) is 31.2 Å². The molecule has 1 N–H and O–H groups in total. The van der Waals surface area contributed by atoms with Crippen LogP contribution in [0.15, 0.2) is 71.6 Å². The average Bonchev–Trinajstić information content (AvgIpc) is 2.91. The summed E-state index contributed by atoms with van der Waals surface area (Å²) >= 11 is 0. The molecule has 0 unspecified atom stereocenters. The van der Waals surface area contributed by atoms with Gasteiger partial charge in [-0.1, -0.05) is 0 Å². The third-order valence-electron chi connectivity index (χ3n) is 5.27. The average molecular weight is 529 g/mol. The molecule has 196 valence electrons. The first-order valence-corrected chi connectivity index (χ1v) is 12.6. The molecule has 1 amide bonds. The van der Waals surface area contributed by atoms with Gasteiger partial charge < -0.3 is 24.3 Å². The molecular formula is C26H28N2O8S. The van der Waals surface area contributed by atoms with Gasteiger partial charge in [0.2, 0.25) is 5.91 Å². The second-order valence-electron chi connectivity index (χ2n) is 7.57. The lowest BCUT2D eigenvalue weighted by molar-refractivity contribution is -0.114. The van der Waals surface area contributed by atoms with Crippen molar-refractivity contribution in [2.45, 2.75) is 11.8 Å². The first kappa shape index (κ1) is 27.3. The van der Waals surface area contributed by atoms with E-state index in [9.17, 15) is 18.0 Å². The Morgan fingerprint density at radius 1 is 0.838 bits per heavy atom. The van der Waals surface area contributed by atoms with Crippen LogP contribution in [-0.2, 0) is 19.6 Å². The van der Waals surface area contributed by atoms with E-state index < -0.39 is 28.4 Å². The molecule has 0 bridgehead atoms. The number of sulfonamides is 1. The van der Waals surface area contributed by atoms with Crippen LogP contribution in [0.4, 0.5) is 11.4 Å².